The van der Waals surface area contributed by atoms with Gasteiger partial charge < -0.3 is 11.5 Å². The highest BCUT2D eigenvalue weighted by Crippen LogP contribution is 2.64. The molecule has 274 valence electrons. The number of hydrogen-bond acceptors (Lipinski definition) is 2. The average Bonchev–Trinajstić information content (AvgIpc) is 2.94. The van der Waals surface area contributed by atoms with E-state index in [9.17, 15) is 0 Å². The molecule has 0 aliphatic carbocycles. The molecule has 2 nitrogen and oxygen atoms in total. The van der Waals surface area contributed by atoms with Crippen LogP contribution in [0, 0.1) is 0 Å². The van der Waals surface area contributed by atoms with Gasteiger partial charge in [-0.3, -0.25) is 0 Å². The summed E-state index contributed by atoms with van der Waals surface area (Å²) >= 11 is 0. The van der Waals surface area contributed by atoms with Gasteiger partial charge in [-0.05, 0) is 82.0 Å². The van der Waals surface area contributed by atoms with Crippen LogP contribution in [0.1, 0.15) is 127 Å². The molecule has 0 fully saturated rings. The number of hydrogen-bond donors (Lipinski definition) is 2. The van der Waals surface area contributed by atoms with Gasteiger partial charge in [0.05, 0.1) is 0 Å². The van der Waals surface area contributed by atoms with Crippen LogP contribution in [0.5, 0.6) is 0 Å². The largest absolute Gasteiger partial charge is 0.398 e. The summed E-state index contributed by atoms with van der Waals surface area (Å²) in [6, 6.07) is 1.22. The molecule has 0 amide bonds. The van der Waals surface area contributed by atoms with E-state index in [1.54, 1.807) is 13.8 Å². The molecule has 0 aliphatic rings. The Kier molecular flexibility index (Phi) is 10.8. The number of alkyl halides is 12. The van der Waals surface area contributed by atoms with Crippen LogP contribution in [-0.4, -0.2) is 23.7 Å². The third-order valence-electron chi connectivity index (χ3n) is 9.02. The lowest BCUT2D eigenvalue weighted by molar-refractivity contribution is -0.429. The Hall–Kier alpha value is -2.80. The average molecular weight is 709 g/mol. The van der Waals surface area contributed by atoms with Crippen LogP contribution < -0.4 is 11.5 Å². The monoisotopic (exact) mass is 708 g/mol. The summed E-state index contributed by atoms with van der Waals surface area (Å²) in [5, 5.41) is 0. The van der Waals surface area contributed by atoms with Crippen LogP contribution in [0.15, 0.2) is 24.3 Å². The normalized spacial score (nSPS) is 15.9. The van der Waals surface area contributed by atoms with Crippen LogP contribution in [0.4, 0.5) is 64.1 Å². The third-order valence-corrected chi connectivity index (χ3v) is 9.02. The van der Waals surface area contributed by atoms with E-state index in [2.05, 4.69) is 0 Å². The summed E-state index contributed by atoms with van der Waals surface area (Å²) in [6.45, 7) is 14.5. The molecule has 48 heavy (non-hydrogen) atoms. The van der Waals surface area contributed by atoms with Crippen molar-refractivity contribution < 1.29 is 52.7 Å². The Morgan fingerprint density at radius 1 is 0.479 bits per heavy atom. The standard InChI is InChI=1S/C34H44F12N2/c1-11-17(3)21-13-19(15-23(25(21)47)27(5,6)7)29(35,36)31(39,40)33(43,44)34(45,46)32(41,42)30(37,38)20-14-22(18(4)12-2)26(48)24(16-20)28(8,9)10/h13-18H,11-12,47-48H2,1-10H3. The molecular formula is C34H44F12N2. The van der Waals surface area contributed by atoms with E-state index in [0.29, 0.717) is 24.3 Å². The van der Waals surface area contributed by atoms with Crippen LogP contribution in [0.2, 0.25) is 0 Å². The molecule has 0 saturated heterocycles. The van der Waals surface area contributed by atoms with Crippen molar-refractivity contribution in [1.29, 1.82) is 0 Å². The molecule has 0 aliphatic heterocycles. The molecule has 0 radical (unpaired) electrons. The number of anilines is 2. The van der Waals surface area contributed by atoms with E-state index >= 15 is 52.7 Å². The number of benzene rings is 2. The second-order valence-corrected chi connectivity index (χ2v) is 14.6. The zero-order chi connectivity index (χ0) is 38.0. The zero-order valence-corrected chi connectivity index (χ0v) is 28.6. The van der Waals surface area contributed by atoms with Gasteiger partial charge in [0.2, 0.25) is 0 Å². The fraction of sp³-hybridized carbons (Fsp3) is 0.647. The molecule has 2 rings (SSSR count). The van der Waals surface area contributed by atoms with Crippen molar-refractivity contribution in [3.63, 3.8) is 0 Å². The van der Waals surface area contributed by atoms with Crippen molar-refractivity contribution in [2.45, 2.75) is 140 Å². The summed E-state index contributed by atoms with van der Waals surface area (Å²) < 4.78 is 184. The predicted octanol–water partition coefficient (Wildman–Crippen LogP) is 11.9. The second kappa shape index (κ2) is 12.5. The Morgan fingerprint density at radius 2 is 0.729 bits per heavy atom. The molecule has 2 atom stereocenters. The molecule has 2 aromatic rings. The maximum atomic E-state index is 15.6. The zero-order valence-electron chi connectivity index (χ0n) is 28.6. The first-order valence-corrected chi connectivity index (χ1v) is 15.4. The molecule has 2 unspecified atom stereocenters. The Morgan fingerprint density at radius 3 is 0.938 bits per heavy atom. The molecule has 0 spiro atoms. The molecule has 0 bridgehead atoms. The van der Waals surface area contributed by atoms with Gasteiger partial charge in [0.25, 0.3) is 0 Å². The van der Waals surface area contributed by atoms with Crippen molar-refractivity contribution in [1.82, 2.24) is 0 Å². The van der Waals surface area contributed by atoms with Crippen LogP contribution in [0.25, 0.3) is 0 Å². The quantitative estimate of drug-likeness (QED) is 0.180. The smallest absolute Gasteiger partial charge is 0.385 e. The highest BCUT2D eigenvalue weighted by molar-refractivity contribution is 5.61. The fourth-order valence-electron chi connectivity index (χ4n) is 5.36. The summed E-state index contributed by atoms with van der Waals surface area (Å²) in [7, 11) is 0. The first-order valence-electron chi connectivity index (χ1n) is 15.4. The molecule has 0 saturated carbocycles. The first-order chi connectivity index (χ1) is 21.2. The van der Waals surface area contributed by atoms with E-state index in [0.717, 1.165) is 0 Å². The maximum absolute atomic E-state index is 15.6. The first kappa shape index (κ1) is 41.4. The lowest BCUT2D eigenvalue weighted by atomic mass is 9.78. The van der Waals surface area contributed by atoms with Gasteiger partial charge >= 0.3 is 35.5 Å². The van der Waals surface area contributed by atoms with Crippen LogP contribution in [0.3, 0.4) is 0 Å². The highest BCUT2D eigenvalue weighted by atomic mass is 19.4. The summed E-state index contributed by atoms with van der Waals surface area (Å²) in [6.07, 6.45) is 0.380. The van der Waals surface area contributed by atoms with Gasteiger partial charge in [0, 0.05) is 22.5 Å². The topological polar surface area (TPSA) is 52.0 Å². The van der Waals surface area contributed by atoms with E-state index in [1.165, 1.54) is 55.4 Å². The summed E-state index contributed by atoms with van der Waals surface area (Å²) in [5.74, 6) is -44.2. The third kappa shape index (κ3) is 6.33. The van der Waals surface area contributed by atoms with Gasteiger partial charge in [-0.1, -0.05) is 69.2 Å². The molecular weight excluding hydrogens is 664 g/mol. The molecule has 4 N–H and O–H groups in total. The van der Waals surface area contributed by atoms with Crippen LogP contribution in [-0.2, 0) is 22.7 Å². The Labute approximate surface area is 273 Å². The van der Waals surface area contributed by atoms with Crippen molar-refractivity contribution in [3.8, 4) is 0 Å². The van der Waals surface area contributed by atoms with Crippen molar-refractivity contribution in [2.75, 3.05) is 11.5 Å². The van der Waals surface area contributed by atoms with Gasteiger partial charge in [-0.15, -0.1) is 0 Å². The lowest BCUT2D eigenvalue weighted by Crippen LogP contribution is -2.69. The Balaban J connectivity index is 2.88. The Bertz CT molecular complexity index is 1370. The van der Waals surface area contributed by atoms with Gasteiger partial charge in [0.1, 0.15) is 0 Å². The predicted molar refractivity (Wildman–Crippen MR) is 164 cm³/mol. The lowest BCUT2D eigenvalue weighted by Gasteiger charge is -2.42. The summed E-state index contributed by atoms with van der Waals surface area (Å²) in [5.41, 5.74) is 4.73. The molecule has 14 heteroatoms. The van der Waals surface area contributed by atoms with E-state index in [4.69, 9.17) is 11.5 Å². The molecule has 0 aromatic heterocycles. The number of halogens is 12. The molecule has 0 heterocycles. The van der Waals surface area contributed by atoms with Crippen molar-refractivity contribution in [3.05, 3.63) is 57.6 Å². The van der Waals surface area contributed by atoms with Crippen molar-refractivity contribution >= 4 is 11.4 Å². The number of nitrogens with two attached hydrogens (primary N) is 2. The molecule has 2 aromatic carbocycles. The second-order valence-electron chi connectivity index (χ2n) is 14.6. The minimum Gasteiger partial charge on any atom is -0.398 e. The van der Waals surface area contributed by atoms with Crippen LogP contribution >= 0.6 is 0 Å². The van der Waals surface area contributed by atoms with Gasteiger partial charge in [0.15, 0.2) is 0 Å². The summed E-state index contributed by atoms with van der Waals surface area (Å²) in [4.78, 5) is 0. The minimum atomic E-state index is -7.74. The van der Waals surface area contributed by atoms with E-state index in [-0.39, 0.29) is 46.5 Å². The SMILES string of the molecule is CCC(C)c1cc(C(F)(F)C(F)(F)C(F)(F)C(F)(F)C(F)(F)C(F)(F)c2cc(C(C)CC)c(N)c(C(C)(C)C)c2)cc(C(C)(C)C)c1N. The van der Waals surface area contributed by atoms with E-state index in [1.807, 2.05) is 0 Å². The van der Waals surface area contributed by atoms with Gasteiger partial charge in [-0.2, -0.15) is 52.7 Å². The number of rotatable bonds is 11. The van der Waals surface area contributed by atoms with Crippen molar-refractivity contribution in [2.24, 2.45) is 0 Å². The fourth-order valence-corrected chi connectivity index (χ4v) is 5.36. The highest BCUT2D eigenvalue weighted by Gasteiger charge is 2.90. The number of nitrogen functional groups attached to an aromatic ring is 2. The van der Waals surface area contributed by atoms with E-state index < -0.39 is 69.3 Å². The minimum absolute atomic E-state index is 0.155. The van der Waals surface area contributed by atoms with Gasteiger partial charge in [-0.25, -0.2) is 0 Å². The maximum Gasteiger partial charge on any atom is 0.385 e.